The molecule has 8 heteroatoms. The van der Waals surface area contributed by atoms with Crippen LogP contribution < -0.4 is 20.1 Å². The van der Waals surface area contributed by atoms with E-state index in [2.05, 4.69) is 10.6 Å². The monoisotopic (exact) mass is 504 g/mol. The minimum Gasteiger partial charge on any atom is -0.497 e. The van der Waals surface area contributed by atoms with Crippen LogP contribution in [0, 0.1) is 0 Å². The molecule has 3 rings (SSSR count). The highest BCUT2D eigenvalue weighted by Crippen LogP contribution is 2.25. The Morgan fingerprint density at radius 3 is 2.11 bits per heavy atom. The normalized spacial score (nSPS) is 12.2. The third-order valence-corrected chi connectivity index (χ3v) is 5.89. The number of Topliss-reactive ketones (excluding diaryl/α,β-unsaturated/α-hetero) is 1. The van der Waals surface area contributed by atoms with Gasteiger partial charge in [0.15, 0.2) is 11.9 Å². The van der Waals surface area contributed by atoms with Crippen molar-refractivity contribution in [2.24, 2.45) is 0 Å². The fraction of sp³-hybridized carbons (Fsp3) is 0.276. The molecule has 0 fully saturated rings. The molecule has 0 aromatic heterocycles. The molecule has 0 saturated heterocycles. The van der Waals surface area contributed by atoms with Gasteiger partial charge in [-0.05, 0) is 35.7 Å². The number of nitrogens with one attached hydrogen (secondary N) is 2. The molecular weight excluding hydrogens is 472 g/mol. The van der Waals surface area contributed by atoms with Crippen molar-refractivity contribution in [1.29, 1.82) is 0 Å². The second-order valence-corrected chi connectivity index (χ2v) is 8.50. The zero-order valence-corrected chi connectivity index (χ0v) is 21.0. The first kappa shape index (κ1) is 27.4. The van der Waals surface area contributed by atoms with E-state index in [9.17, 15) is 19.5 Å². The van der Waals surface area contributed by atoms with E-state index in [1.54, 1.807) is 18.2 Å². The molecule has 2 atom stereocenters. The van der Waals surface area contributed by atoms with E-state index < -0.39 is 24.0 Å². The summed E-state index contributed by atoms with van der Waals surface area (Å²) in [5.74, 6) is -0.445. The van der Waals surface area contributed by atoms with Crippen LogP contribution in [-0.2, 0) is 22.6 Å². The summed E-state index contributed by atoms with van der Waals surface area (Å²) in [4.78, 5) is 38.3. The Morgan fingerprint density at radius 2 is 1.49 bits per heavy atom. The number of benzene rings is 3. The van der Waals surface area contributed by atoms with Crippen LogP contribution in [0.5, 0.6) is 11.5 Å². The minimum absolute atomic E-state index is 0.0796. The summed E-state index contributed by atoms with van der Waals surface area (Å²) < 4.78 is 10.4. The lowest BCUT2D eigenvalue weighted by molar-refractivity contribution is -0.132. The van der Waals surface area contributed by atoms with Gasteiger partial charge in [0.05, 0.1) is 25.8 Å². The Hall–Kier alpha value is -4.17. The van der Waals surface area contributed by atoms with Crippen LogP contribution in [0.2, 0.25) is 0 Å². The molecule has 37 heavy (non-hydrogen) atoms. The Balaban J connectivity index is 1.64. The lowest BCUT2D eigenvalue weighted by atomic mass is 9.99. The van der Waals surface area contributed by atoms with Crippen LogP contribution in [0.1, 0.15) is 34.3 Å². The smallest absolute Gasteiger partial charge is 0.251 e. The molecule has 194 valence electrons. The summed E-state index contributed by atoms with van der Waals surface area (Å²) >= 11 is 0. The maximum atomic E-state index is 12.8. The van der Waals surface area contributed by atoms with Gasteiger partial charge in [-0.1, -0.05) is 60.7 Å². The van der Waals surface area contributed by atoms with E-state index in [1.807, 2.05) is 60.7 Å². The number of ether oxygens (including phenoxy) is 2. The van der Waals surface area contributed by atoms with Crippen LogP contribution >= 0.6 is 0 Å². The van der Waals surface area contributed by atoms with E-state index in [-0.39, 0.29) is 31.6 Å². The Bertz CT molecular complexity index is 1180. The number of methoxy groups -OCH3 is 2. The molecule has 3 aromatic rings. The standard InChI is InChI=1S/C29H32N2O6/c1-36-22-13-15-26(37-2)23(18-22)25(32)14-16-27(33)31-24(17-20-9-5-3-6-10-20)28(34)29(35)30-19-21-11-7-4-8-12-21/h3-13,15,18,24,28,34H,14,16-17,19H2,1-2H3,(H,30,35)(H,31,33)/t24-,28+/m0/s1. The SMILES string of the molecule is COc1ccc(OC)c(C(=O)CCC(=O)N[C@@H](Cc2ccccc2)[C@@H](O)C(=O)NCc2ccccc2)c1. The van der Waals surface area contributed by atoms with Gasteiger partial charge < -0.3 is 25.2 Å². The van der Waals surface area contributed by atoms with Crippen LogP contribution in [0.4, 0.5) is 0 Å². The number of hydrogen-bond donors (Lipinski definition) is 3. The summed E-state index contributed by atoms with van der Waals surface area (Å²) in [6, 6.07) is 22.6. The fourth-order valence-corrected chi connectivity index (χ4v) is 3.85. The van der Waals surface area contributed by atoms with Gasteiger partial charge in [0.2, 0.25) is 5.91 Å². The number of carbonyl (C=O) groups is 3. The van der Waals surface area contributed by atoms with Gasteiger partial charge in [0.25, 0.3) is 5.91 Å². The average molecular weight is 505 g/mol. The zero-order valence-electron chi connectivity index (χ0n) is 21.0. The number of aliphatic hydroxyl groups excluding tert-OH is 1. The van der Waals surface area contributed by atoms with E-state index in [4.69, 9.17) is 9.47 Å². The van der Waals surface area contributed by atoms with Crippen molar-refractivity contribution in [1.82, 2.24) is 10.6 Å². The van der Waals surface area contributed by atoms with Crippen LogP contribution in [0.25, 0.3) is 0 Å². The quantitative estimate of drug-likeness (QED) is 0.308. The molecule has 0 aliphatic carbocycles. The number of carbonyl (C=O) groups excluding carboxylic acids is 3. The number of hydrogen-bond acceptors (Lipinski definition) is 6. The second-order valence-electron chi connectivity index (χ2n) is 8.50. The van der Waals surface area contributed by atoms with Gasteiger partial charge in [-0.15, -0.1) is 0 Å². The highest BCUT2D eigenvalue weighted by molar-refractivity contribution is 6.00. The van der Waals surface area contributed by atoms with E-state index in [0.717, 1.165) is 11.1 Å². The Kier molecular flexibility index (Phi) is 10.2. The van der Waals surface area contributed by atoms with Crippen LogP contribution in [-0.4, -0.2) is 49.1 Å². The van der Waals surface area contributed by atoms with Crippen molar-refractivity contribution in [2.75, 3.05) is 14.2 Å². The number of ketones is 1. The first-order chi connectivity index (χ1) is 17.9. The maximum Gasteiger partial charge on any atom is 0.251 e. The van der Waals surface area contributed by atoms with Crippen LogP contribution in [0.3, 0.4) is 0 Å². The molecule has 3 aromatic carbocycles. The third-order valence-electron chi connectivity index (χ3n) is 5.89. The van der Waals surface area contributed by atoms with Crippen molar-refractivity contribution < 1.29 is 29.0 Å². The van der Waals surface area contributed by atoms with Crippen molar-refractivity contribution in [3.8, 4) is 11.5 Å². The highest BCUT2D eigenvalue weighted by atomic mass is 16.5. The molecule has 0 aliphatic rings. The van der Waals surface area contributed by atoms with Gasteiger partial charge in [-0.25, -0.2) is 0 Å². The first-order valence-electron chi connectivity index (χ1n) is 12.0. The molecule has 0 spiro atoms. The molecule has 0 radical (unpaired) electrons. The van der Waals surface area contributed by atoms with E-state index in [0.29, 0.717) is 17.1 Å². The van der Waals surface area contributed by atoms with E-state index in [1.165, 1.54) is 14.2 Å². The summed E-state index contributed by atoms with van der Waals surface area (Å²) in [7, 11) is 2.96. The summed E-state index contributed by atoms with van der Waals surface area (Å²) in [5, 5.41) is 16.3. The topological polar surface area (TPSA) is 114 Å². The Morgan fingerprint density at radius 1 is 0.838 bits per heavy atom. The molecule has 0 saturated carbocycles. The number of amides is 2. The fourth-order valence-electron chi connectivity index (χ4n) is 3.85. The molecule has 0 bridgehead atoms. The minimum atomic E-state index is -1.48. The van der Waals surface area contributed by atoms with Crippen molar-refractivity contribution in [3.05, 3.63) is 95.6 Å². The van der Waals surface area contributed by atoms with Crippen molar-refractivity contribution >= 4 is 17.6 Å². The lowest BCUT2D eigenvalue weighted by Crippen LogP contribution is -2.51. The number of aliphatic hydroxyl groups is 1. The van der Waals surface area contributed by atoms with Gasteiger partial charge >= 0.3 is 0 Å². The summed E-state index contributed by atoms with van der Waals surface area (Å²) in [6.45, 7) is 0.250. The van der Waals surface area contributed by atoms with Crippen molar-refractivity contribution in [2.45, 2.75) is 38.0 Å². The van der Waals surface area contributed by atoms with Crippen LogP contribution in [0.15, 0.2) is 78.9 Å². The average Bonchev–Trinajstić information content (AvgIpc) is 2.94. The maximum absolute atomic E-state index is 12.8. The molecule has 0 aliphatic heterocycles. The summed E-state index contributed by atoms with van der Waals surface area (Å²) in [5.41, 5.74) is 2.05. The lowest BCUT2D eigenvalue weighted by Gasteiger charge is -2.24. The Labute approximate surface area is 216 Å². The predicted octanol–water partition coefficient (Wildman–Crippen LogP) is 3.07. The summed E-state index contributed by atoms with van der Waals surface area (Å²) in [6.07, 6.45) is -1.45. The molecule has 3 N–H and O–H groups in total. The number of rotatable bonds is 13. The molecule has 2 amide bonds. The largest absolute Gasteiger partial charge is 0.497 e. The highest BCUT2D eigenvalue weighted by Gasteiger charge is 2.28. The van der Waals surface area contributed by atoms with Gasteiger partial charge in [-0.2, -0.15) is 0 Å². The predicted molar refractivity (Wildman–Crippen MR) is 139 cm³/mol. The van der Waals surface area contributed by atoms with E-state index >= 15 is 0 Å². The van der Waals surface area contributed by atoms with Gasteiger partial charge in [0.1, 0.15) is 11.5 Å². The molecule has 0 unspecified atom stereocenters. The second kappa shape index (κ2) is 13.8. The van der Waals surface area contributed by atoms with Gasteiger partial charge in [0, 0.05) is 19.4 Å². The van der Waals surface area contributed by atoms with Crippen molar-refractivity contribution in [3.63, 3.8) is 0 Å². The molecule has 0 heterocycles. The molecular formula is C29H32N2O6. The first-order valence-corrected chi connectivity index (χ1v) is 12.0. The molecule has 8 nitrogen and oxygen atoms in total. The van der Waals surface area contributed by atoms with Gasteiger partial charge in [-0.3, -0.25) is 14.4 Å². The zero-order chi connectivity index (χ0) is 26.6. The third kappa shape index (κ3) is 8.18.